The Bertz CT molecular complexity index is 917. The summed E-state index contributed by atoms with van der Waals surface area (Å²) in [5.74, 6) is 1.24. The van der Waals surface area contributed by atoms with Crippen molar-refractivity contribution in [3.8, 4) is 0 Å². The standard InChI is InChI=1S/C22H24N2OS/c1-16-6-2-3-7-18(16)21-10-11-24(12-13-26-21)22(25)14-17-15-23-20-9-5-4-8-19(17)20/h2-9,15,21,23H,10-14H2,1H3. The molecule has 4 heteroatoms. The van der Waals surface area contributed by atoms with Crippen LogP contribution in [-0.4, -0.2) is 34.6 Å². The van der Waals surface area contributed by atoms with Crippen LogP contribution < -0.4 is 0 Å². The molecule has 1 aromatic heterocycles. The van der Waals surface area contributed by atoms with Crippen molar-refractivity contribution in [3.63, 3.8) is 0 Å². The van der Waals surface area contributed by atoms with Crippen LogP contribution >= 0.6 is 11.8 Å². The van der Waals surface area contributed by atoms with Gasteiger partial charge in [-0.15, -0.1) is 0 Å². The summed E-state index contributed by atoms with van der Waals surface area (Å²) in [5.41, 5.74) is 4.96. The number of aromatic nitrogens is 1. The molecule has 26 heavy (non-hydrogen) atoms. The summed E-state index contributed by atoms with van der Waals surface area (Å²) in [5, 5.41) is 1.64. The fourth-order valence-corrected chi connectivity index (χ4v) is 5.10. The van der Waals surface area contributed by atoms with Crippen molar-refractivity contribution in [2.24, 2.45) is 0 Å². The van der Waals surface area contributed by atoms with Crippen LogP contribution in [0.1, 0.15) is 28.4 Å². The molecule has 1 aliphatic heterocycles. The molecule has 0 spiro atoms. The van der Waals surface area contributed by atoms with Gasteiger partial charge in [0.25, 0.3) is 0 Å². The average molecular weight is 365 g/mol. The van der Waals surface area contributed by atoms with Gasteiger partial charge in [-0.1, -0.05) is 42.5 Å². The molecule has 0 radical (unpaired) electrons. The van der Waals surface area contributed by atoms with Gasteiger partial charge in [-0.05, 0) is 36.1 Å². The first kappa shape index (κ1) is 17.2. The van der Waals surface area contributed by atoms with E-state index >= 15 is 0 Å². The maximum Gasteiger partial charge on any atom is 0.227 e. The molecule has 1 unspecified atom stereocenters. The summed E-state index contributed by atoms with van der Waals surface area (Å²) in [4.78, 5) is 18.2. The Morgan fingerprint density at radius 2 is 1.96 bits per heavy atom. The first-order valence-electron chi connectivity index (χ1n) is 9.22. The third-order valence-corrected chi connectivity index (χ3v) is 6.56. The van der Waals surface area contributed by atoms with Gasteiger partial charge in [0, 0.05) is 41.2 Å². The van der Waals surface area contributed by atoms with Gasteiger partial charge in [-0.3, -0.25) is 4.79 Å². The summed E-state index contributed by atoms with van der Waals surface area (Å²) in [6, 6.07) is 16.8. The predicted molar refractivity (Wildman–Crippen MR) is 110 cm³/mol. The van der Waals surface area contributed by atoms with E-state index in [1.165, 1.54) is 11.1 Å². The van der Waals surface area contributed by atoms with Gasteiger partial charge in [0.05, 0.1) is 6.42 Å². The van der Waals surface area contributed by atoms with Crippen LogP contribution in [-0.2, 0) is 11.2 Å². The number of hydrogen-bond acceptors (Lipinski definition) is 2. The smallest absolute Gasteiger partial charge is 0.227 e. The van der Waals surface area contributed by atoms with Crippen molar-refractivity contribution >= 4 is 28.6 Å². The summed E-state index contributed by atoms with van der Waals surface area (Å²) in [6.45, 7) is 3.86. The lowest BCUT2D eigenvalue weighted by atomic mass is 10.0. The number of hydrogen-bond donors (Lipinski definition) is 1. The van der Waals surface area contributed by atoms with E-state index in [4.69, 9.17) is 0 Å². The highest BCUT2D eigenvalue weighted by molar-refractivity contribution is 7.99. The summed E-state index contributed by atoms with van der Waals surface area (Å²) in [7, 11) is 0. The predicted octanol–water partition coefficient (Wildman–Crippen LogP) is 4.73. The molecule has 3 aromatic rings. The Morgan fingerprint density at radius 3 is 2.85 bits per heavy atom. The molecule has 134 valence electrons. The molecule has 1 saturated heterocycles. The second-order valence-corrected chi connectivity index (χ2v) is 8.23. The van der Waals surface area contributed by atoms with E-state index in [0.29, 0.717) is 11.7 Å². The van der Waals surface area contributed by atoms with Crippen molar-refractivity contribution in [2.75, 3.05) is 18.8 Å². The molecule has 0 bridgehead atoms. The fourth-order valence-electron chi connectivity index (χ4n) is 3.77. The van der Waals surface area contributed by atoms with Gasteiger partial charge in [0.2, 0.25) is 5.91 Å². The third-order valence-electron chi connectivity index (χ3n) is 5.25. The largest absolute Gasteiger partial charge is 0.361 e. The molecule has 1 aliphatic rings. The molecule has 3 nitrogen and oxygen atoms in total. The lowest BCUT2D eigenvalue weighted by Crippen LogP contribution is -2.34. The number of rotatable bonds is 3. The number of carbonyl (C=O) groups excluding carboxylic acids is 1. The number of aromatic amines is 1. The molecule has 1 N–H and O–H groups in total. The minimum Gasteiger partial charge on any atom is -0.361 e. The van der Waals surface area contributed by atoms with Crippen LogP contribution in [0.4, 0.5) is 0 Å². The van der Waals surface area contributed by atoms with E-state index < -0.39 is 0 Å². The number of nitrogens with zero attached hydrogens (tertiary/aromatic N) is 1. The Kier molecular flexibility index (Phi) is 5.02. The number of fused-ring (bicyclic) bond motifs is 1. The first-order chi connectivity index (χ1) is 12.7. The van der Waals surface area contributed by atoms with E-state index in [9.17, 15) is 4.79 Å². The van der Waals surface area contributed by atoms with Gasteiger partial charge in [0.1, 0.15) is 0 Å². The number of amides is 1. The van der Waals surface area contributed by atoms with E-state index in [2.05, 4.69) is 48.3 Å². The first-order valence-corrected chi connectivity index (χ1v) is 10.3. The Hall–Kier alpha value is -2.20. The van der Waals surface area contributed by atoms with Gasteiger partial charge in [-0.25, -0.2) is 0 Å². The third kappa shape index (κ3) is 3.51. The molecule has 1 atom stereocenters. The summed E-state index contributed by atoms with van der Waals surface area (Å²) < 4.78 is 0. The zero-order valence-corrected chi connectivity index (χ0v) is 15.9. The molecule has 4 rings (SSSR count). The highest BCUT2D eigenvalue weighted by Gasteiger charge is 2.23. The minimum absolute atomic E-state index is 0.237. The lowest BCUT2D eigenvalue weighted by Gasteiger charge is -2.20. The number of H-pyrrole nitrogens is 1. The van der Waals surface area contributed by atoms with Gasteiger partial charge in [-0.2, -0.15) is 11.8 Å². The number of para-hydroxylation sites is 1. The van der Waals surface area contributed by atoms with Crippen LogP contribution in [0.3, 0.4) is 0 Å². The zero-order chi connectivity index (χ0) is 17.9. The van der Waals surface area contributed by atoms with Gasteiger partial charge in [0.15, 0.2) is 0 Å². The number of carbonyl (C=O) groups is 1. The molecule has 1 fully saturated rings. The molecular formula is C22H24N2OS. The highest BCUT2D eigenvalue weighted by atomic mass is 32.2. The number of thioether (sulfide) groups is 1. The van der Waals surface area contributed by atoms with Crippen molar-refractivity contribution in [1.82, 2.24) is 9.88 Å². The Balaban J connectivity index is 1.44. The normalized spacial score (nSPS) is 18.0. The zero-order valence-electron chi connectivity index (χ0n) is 15.1. The van der Waals surface area contributed by atoms with E-state index in [1.807, 2.05) is 35.0 Å². The Morgan fingerprint density at radius 1 is 1.15 bits per heavy atom. The summed E-state index contributed by atoms with van der Waals surface area (Å²) >= 11 is 1.98. The van der Waals surface area contributed by atoms with Gasteiger partial charge >= 0.3 is 0 Å². The topological polar surface area (TPSA) is 36.1 Å². The van der Waals surface area contributed by atoms with Crippen LogP contribution in [0.25, 0.3) is 10.9 Å². The van der Waals surface area contributed by atoms with Crippen LogP contribution in [0.5, 0.6) is 0 Å². The molecule has 2 aromatic carbocycles. The number of benzene rings is 2. The minimum atomic E-state index is 0.237. The highest BCUT2D eigenvalue weighted by Crippen LogP contribution is 2.36. The molecular weight excluding hydrogens is 340 g/mol. The maximum absolute atomic E-state index is 12.9. The average Bonchev–Trinajstić information content (AvgIpc) is 2.90. The van der Waals surface area contributed by atoms with Crippen LogP contribution in [0.2, 0.25) is 0 Å². The Labute approximate surface area is 158 Å². The maximum atomic E-state index is 12.9. The van der Waals surface area contributed by atoms with Crippen LogP contribution in [0.15, 0.2) is 54.7 Å². The van der Waals surface area contributed by atoms with E-state index in [1.54, 1.807) is 0 Å². The quantitative estimate of drug-likeness (QED) is 0.730. The molecule has 2 heterocycles. The fraction of sp³-hybridized carbons (Fsp3) is 0.318. The van der Waals surface area contributed by atoms with Crippen molar-refractivity contribution < 1.29 is 4.79 Å². The summed E-state index contributed by atoms with van der Waals surface area (Å²) in [6.07, 6.45) is 3.48. The number of aryl methyl sites for hydroxylation is 1. The number of nitrogens with one attached hydrogen (secondary N) is 1. The van der Waals surface area contributed by atoms with E-state index in [-0.39, 0.29) is 5.91 Å². The van der Waals surface area contributed by atoms with Crippen molar-refractivity contribution in [1.29, 1.82) is 0 Å². The molecule has 0 aliphatic carbocycles. The lowest BCUT2D eigenvalue weighted by molar-refractivity contribution is -0.130. The monoisotopic (exact) mass is 364 g/mol. The second kappa shape index (κ2) is 7.58. The molecule has 1 amide bonds. The SMILES string of the molecule is Cc1ccccc1C1CCN(C(=O)Cc2c[nH]c3ccccc23)CCS1. The van der Waals surface area contributed by atoms with Crippen molar-refractivity contribution in [3.05, 3.63) is 71.4 Å². The van der Waals surface area contributed by atoms with Crippen molar-refractivity contribution in [2.45, 2.75) is 25.0 Å². The van der Waals surface area contributed by atoms with Gasteiger partial charge < -0.3 is 9.88 Å². The van der Waals surface area contributed by atoms with Crippen LogP contribution in [0, 0.1) is 6.92 Å². The second-order valence-electron chi connectivity index (χ2n) is 6.92. The van der Waals surface area contributed by atoms with E-state index in [0.717, 1.165) is 41.7 Å². The molecule has 0 saturated carbocycles.